The second-order valence-electron chi connectivity index (χ2n) is 8.31. The van der Waals surface area contributed by atoms with Crippen LogP contribution in [0.1, 0.15) is 44.2 Å². The third-order valence-corrected chi connectivity index (χ3v) is 6.15. The van der Waals surface area contributed by atoms with Gasteiger partial charge in [-0.3, -0.25) is 9.89 Å². The minimum Gasteiger partial charge on any atom is -0.497 e. The van der Waals surface area contributed by atoms with Crippen LogP contribution in [0.3, 0.4) is 0 Å². The van der Waals surface area contributed by atoms with Crippen LogP contribution in [0.15, 0.2) is 29.3 Å². The molecule has 0 aromatic heterocycles. The zero-order valence-corrected chi connectivity index (χ0v) is 17.8. The van der Waals surface area contributed by atoms with Gasteiger partial charge in [-0.25, -0.2) is 0 Å². The lowest BCUT2D eigenvalue weighted by Gasteiger charge is -2.40. The number of nitrogens with one attached hydrogen (secondary N) is 2. The highest BCUT2D eigenvalue weighted by Gasteiger charge is 2.32. The van der Waals surface area contributed by atoms with Gasteiger partial charge in [-0.05, 0) is 69.8 Å². The normalized spacial score (nSPS) is 28.9. The van der Waals surface area contributed by atoms with E-state index in [0.29, 0.717) is 12.0 Å². The van der Waals surface area contributed by atoms with Crippen LogP contribution in [0.2, 0.25) is 0 Å². The SMILES string of the molecule is CN=C(NCC1CCCN(C)C1c1ccc(OC)cc1)NCC1(C)CCCO1. The fourth-order valence-electron chi connectivity index (χ4n) is 4.50. The van der Waals surface area contributed by atoms with Crippen molar-refractivity contribution in [3.8, 4) is 5.75 Å². The van der Waals surface area contributed by atoms with Gasteiger partial charge in [-0.2, -0.15) is 0 Å². The minimum absolute atomic E-state index is 0.0751. The molecular weight excluding hydrogens is 352 g/mol. The molecule has 1 aromatic carbocycles. The second kappa shape index (κ2) is 9.61. The Kier molecular flexibility index (Phi) is 7.18. The Morgan fingerprint density at radius 2 is 2.07 bits per heavy atom. The predicted octanol–water partition coefficient (Wildman–Crippen LogP) is 2.81. The van der Waals surface area contributed by atoms with E-state index in [9.17, 15) is 0 Å². The van der Waals surface area contributed by atoms with Gasteiger partial charge in [0.15, 0.2) is 5.96 Å². The van der Waals surface area contributed by atoms with Gasteiger partial charge in [0.05, 0.1) is 12.7 Å². The van der Waals surface area contributed by atoms with Crippen LogP contribution in [-0.4, -0.2) is 63.9 Å². The van der Waals surface area contributed by atoms with Gasteiger partial charge in [0, 0.05) is 32.8 Å². The maximum atomic E-state index is 5.88. The van der Waals surface area contributed by atoms with Crippen LogP contribution >= 0.6 is 0 Å². The van der Waals surface area contributed by atoms with Crippen molar-refractivity contribution in [1.29, 1.82) is 0 Å². The monoisotopic (exact) mass is 388 g/mol. The van der Waals surface area contributed by atoms with Gasteiger partial charge in [-0.15, -0.1) is 0 Å². The first kappa shape index (κ1) is 20.9. The van der Waals surface area contributed by atoms with E-state index >= 15 is 0 Å². The molecule has 6 heteroatoms. The number of piperidine rings is 1. The summed E-state index contributed by atoms with van der Waals surface area (Å²) in [6, 6.07) is 8.92. The molecular formula is C22H36N4O2. The molecule has 0 bridgehead atoms. The molecule has 2 aliphatic rings. The number of ether oxygens (including phenoxy) is 2. The standard InChI is InChI=1S/C22H36N4O2/c1-22(12-6-14-28-22)16-25-21(23-2)24-15-18-7-5-13-26(3)20(18)17-8-10-19(27-4)11-9-17/h8-11,18,20H,5-7,12-16H2,1-4H3,(H2,23,24,25). The lowest BCUT2D eigenvalue weighted by Crippen LogP contribution is -2.48. The summed E-state index contributed by atoms with van der Waals surface area (Å²) in [5.41, 5.74) is 1.28. The molecule has 28 heavy (non-hydrogen) atoms. The summed E-state index contributed by atoms with van der Waals surface area (Å²) < 4.78 is 11.2. The Hall–Kier alpha value is -1.79. The first-order chi connectivity index (χ1) is 13.5. The van der Waals surface area contributed by atoms with E-state index in [4.69, 9.17) is 9.47 Å². The van der Waals surface area contributed by atoms with E-state index in [1.165, 1.54) is 18.4 Å². The highest BCUT2D eigenvalue weighted by Crippen LogP contribution is 2.35. The number of hydrogen-bond donors (Lipinski definition) is 2. The molecule has 0 radical (unpaired) electrons. The Morgan fingerprint density at radius 3 is 2.71 bits per heavy atom. The number of guanidine groups is 1. The van der Waals surface area contributed by atoms with Crippen LogP contribution in [0.25, 0.3) is 0 Å². The predicted molar refractivity (Wildman–Crippen MR) is 114 cm³/mol. The average Bonchev–Trinajstić information content (AvgIpc) is 3.15. The lowest BCUT2D eigenvalue weighted by atomic mass is 9.85. The maximum absolute atomic E-state index is 5.88. The van der Waals surface area contributed by atoms with Crippen LogP contribution in [0.5, 0.6) is 5.75 Å². The van der Waals surface area contributed by atoms with Crippen LogP contribution in [-0.2, 0) is 4.74 Å². The third-order valence-electron chi connectivity index (χ3n) is 6.15. The van der Waals surface area contributed by atoms with Crippen molar-refractivity contribution in [2.75, 3.05) is 47.4 Å². The minimum atomic E-state index is -0.0751. The van der Waals surface area contributed by atoms with Crippen molar-refractivity contribution in [3.63, 3.8) is 0 Å². The molecule has 3 unspecified atom stereocenters. The molecule has 0 spiro atoms. The van der Waals surface area contributed by atoms with Crippen molar-refractivity contribution in [1.82, 2.24) is 15.5 Å². The lowest BCUT2D eigenvalue weighted by molar-refractivity contribution is 0.0242. The third kappa shape index (κ3) is 5.17. The molecule has 2 saturated heterocycles. The number of likely N-dealkylation sites (tertiary alicyclic amines) is 1. The highest BCUT2D eigenvalue weighted by atomic mass is 16.5. The van der Waals surface area contributed by atoms with Crippen LogP contribution in [0, 0.1) is 5.92 Å². The van der Waals surface area contributed by atoms with E-state index in [-0.39, 0.29) is 5.60 Å². The van der Waals surface area contributed by atoms with Crippen molar-refractivity contribution in [3.05, 3.63) is 29.8 Å². The largest absolute Gasteiger partial charge is 0.497 e. The molecule has 0 aliphatic carbocycles. The van der Waals surface area contributed by atoms with E-state index in [1.807, 2.05) is 7.05 Å². The average molecular weight is 389 g/mol. The molecule has 2 N–H and O–H groups in total. The van der Waals surface area contributed by atoms with Gasteiger partial charge >= 0.3 is 0 Å². The van der Waals surface area contributed by atoms with Gasteiger partial charge in [0.25, 0.3) is 0 Å². The van der Waals surface area contributed by atoms with Crippen molar-refractivity contribution in [2.24, 2.45) is 10.9 Å². The first-order valence-corrected chi connectivity index (χ1v) is 10.5. The molecule has 2 heterocycles. The number of nitrogens with zero attached hydrogens (tertiary/aromatic N) is 2. The summed E-state index contributed by atoms with van der Waals surface area (Å²) in [6.07, 6.45) is 4.69. The zero-order chi connectivity index (χ0) is 20.0. The molecule has 2 aliphatic heterocycles. The maximum Gasteiger partial charge on any atom is 0.191 e. The fourth-order valence-corrected chi connectivity index (χ4v) is 4.50. The smallest absolute Gasteiger partial charge is 0.191 e. The number of aliphatic imine (C=N–C) groups is 1. The summed E-state index contributed by atoms with van der Waals surface area (Å²) in [5, 5.41) is 7.01. The molecule has 1 aromatic rings. The molecule has 6 nitrogen and oxygen atoms in total. The van der Waals surface area contributed by atoms with Crippen LogP contribution in [0.4, 0.5) is 0 Å². The van der Waals surface area contributed by atoms with Crippen molar-refractivity contribution >= 4 is 5.96 Å². The molecule has 2 fully saturated rings. The van der Waals surface area contributed by atoms with E-state index in [2.05, 4.69) is 58.8 Å². The van der Waals surface area contributed by atoms with Gasteiger partial charge < -0.3 is 20.1 Å². The van der Waals surface area contributed by atoms with E-state index < -0.39 is 0 Å². The van der Waals surface area contributed by atoms with Crippen molar-refractivity contribution < 1.29 is 9.47 Å². The van der Waals surface area contributed by atoms with E-state index in [0.717, 1.165) is 50.8 Å². The van der Waals surface area contributed by atoms with Gasteiger partial charge in [-0.1, -0.05) is 12.1 Å². The quantitative estimate of drug-likeness (QED) is 0.580. The first-order valence-electron chi connectivity index (χ1n) is 10.5. The molecule has 0 amide bonds. The van der Waals surface area contributed by atoms with E-state index in [1.54, 1.807) is 7.11 Å². The Balaban J connectivity index is 1.59. The number of hydrogen-bond acceptors (Lipinski definition) is 4. The summed E-state index contributed by atoms with van der Waals surface area (Å²) in [6.45, 7) is 5.87. The summed E-state index contributed by atoms with van der Waals surface area (Å²) in [5.74, 6) is 2.30. The number of rotatable bonds is 6. The van der Waals surface area contributed by atoms with Crippen molar-refractivity contribution in [2.45, 2.75) is 44.2 Å². The highest BCUT2D eigenvalue weighted by molar-refractivity contribution is 5.79. The number of benzene rings is 1. The van der Waals surface area contributed by atoms with Gasteiger partial charge in [0.2, 0.25) is 0 Å². The number of methoxy groups -OCH3 is 1. The molecule has 3 atom stereocenters. The van der Waals surface area contributed by atoms with Gasteiger partial charge in [0.1, 0.15) is 5.75 Å². The Bertz CT molecular complexity index is 640. The summed E-state index contributed by atoms with van der Waals surface area (Å²) in [4.78, 5) is 6.89. The second-order valence-corrected chi connectivity index (χ2v) is 8.31. The fraction of sp³-hybridized carbons (Fsp3) is 0.682. The zero-order valence-electron chi connectivity index (χ0n) is 17.8. The molecule has 3 rings (SSSR count). The molecule has 0 saturated carbocycles. The Morgan fingerprint density at radius 1 is 1.29 bits per heavy atom. The summed E-state index contributed by atoms with van der Waals surface area (Å²) in [7, 11) is 5.78. The molecule has 156 valence electrons. The summed E-state index contributed by atoms with van der Waals surface area (Å²) >= 11 is 0. The topological polar surface area (TPSA) is 58.1 Å². The van der Waals surface area contributed by atoms with Crippen LogP contribution < -0.4 is 15.4 Å². The Labute approximate surface area is 169 Å².